The Bertz CT molecular complexity index is 807. The summed E-state index contributed by atoms with van der Waals surface area (Å²) < 4.78 is 78.3. The fraction of sp³-hybridized carbons (Fsp3) is 0.400. The van der Waals surface area contributed by atoms with Crippen LogP contribution in [-0.4, -0.2) is 35.1 Å². The lowest BCUT2D eigenvalue weighted by Crippen LogP contribution is -2.48. The van der Waals surface area contributed by atoms with Gasteiger partial charge in [0, 0.05) is 0 Å². The molecule has 0 N–H and O–H groups in total. The third-order valence-corrected chi connectivity index (χ3v) is 3.85. The number of benzene rings is 1. The summed E-state index contributed by atoms with van der Waals surface area (Å²) in [6.07, 6.45) is -9.96. The molecule has 1 aromatic carbocycles. The number of imide groups is 1. The number of urea groups is 1. The van der Waals surface area contributed by atoms with Gasteiger partial charge in [-0.2, -0.15) is 31.6 Å². The molecule has 140 valence electrons. The molecule has 0 aromatic heterocycles. The van der Waals surface area contributed by atoms with E-state index in [-0.39, 0.29) is 9.80 Å². The van der Waals surface area contributed by atoms with Gasteiger partial charge in [-0.05, 0) is 26.0 Å². The minimum absolute atomic E-state index is 0.0371. The van der Waals surface area contributed by atoms with Gasteiger partial charge in [-0.25, -0.2) is 9.69 Å². The average Bonchev–Trinajstić information content (AvgIpc) is 2.64. The summed E-state index contributed by atoms with van der Waals surface area (Å²) in [6.45, 7) is 0.196. The van der Waals surface area contributed by atoms with Crippen molar-refractivity contribution in [3.8, 4) is 6.07 Å². The van der Waals surface area contributed by atoms with Crippen LogP contribution in [0.25, 0.3) is 0 Å². The van der Waals surface area contributed by atoms with E-state index in [1.807, 2.05) is 0 Å². The molecule has 26 heavy (non-hydrogen) atoms. The predicted molar refractivity (Wildman–Crippen MR) is 75.9 cm³/mol. The summed E-state index contributed by atoms with van der Waals surface area (Å²) >= 11 is 0. The molecule has 1 aromatic rings. The summed E-state index contributed by atoms with van der Waals surface area (Å²) in [5, 5.41) is 8.89. The molecule has 1 aliphatic heterocycles. The van der Waals surface area contributed by atoms with E-state index in [2.05, 4.69) is 0 Å². The maximum Gasteiger partial charge on any atom is 0.419 e. The third kappa shape index (κ3) is 3.18. The SMILES string of the molecule is CC1(C)C(=O)N(c2cccc(C#N)c2C(F)(F)F)C(=O)N1CC(F)(F)F. The number of carbonyl (C=O) groups is 2. The fourth-order valence-corrected chi connectivity index (χ4v) is 2.61. The van der Waals surface area contributed by atoms with E-state index in [1.165, 1.54) is 6.07 Å². The van der Waals surface area contributed by atoms with Gasteiger partial charge < -0.3 is 4.90 Å². The van der Waals surface area contributed by atoms with E-state index in [4.69, 9.17) is 5.26 Å². The van der Waals surface area contributed by atoms with Crippen LogP contribution in [-0.2, 0) is 11.0 Å². The molecule has 0 unspecified atom stereocenters. The smallest absolute Gasteiger partial charge is 0.301 e. The Hall–Kier alpha value is -2.77. The molecule has 0 radical (unpaired) electrons. The second-order valence-corrected chi connectivity index (χ2v) is 5.99. The van der Waals surface area contributed by atoms with Crippen molar-refractivity contribution in [2.45, 2.75) is 31.7 Å². The van der Waals surface area contributed by atoms with E-state index in [0.29, 0.717) is 0 Å². The number of rotatable bonds is 2. The zero-order chi connectivity index (χ0) is 20.1. The molecule has 0 bridgehead atoms. The monoisotopic (exact) mass is 379 g/mol. The number of carbonyl (C=O) groups excluding carboxylic acids is 2. The van der Waals surface area contributed by atoms with Crippen molar-refractivity contribution in [2.75, 3.05) is 11.4 Å². The Morgan fingerprint density at radius 3 is 2.15 bits per heavy atom. The van der Waals surface area contributed by atoms with Gasteiger partial charge in [0.2, 0.25) is 0 Å². The molecule has 11 heteroatoms. The number of amides is 3. The van der Waals surface area contributed by atoms with Crippen molar-refractivity contribution in [1.29, 1.82) is 5.26 Å². The van der Waals surface area contributed by atoms with Crippen LogP contribution in [0.1, 0.15) is 25.0 Å². The molecule has 0 spiro atoms. The molecule has 1 aliphatic rings. The standard InChI is InChI=1S/C15H11F6N3O2/c1-13(2)11(25)24(12(26)23(13)7-14(16,17)18)9-5-3-4-8(6-22)10(9)15(19,20)21/h3-5H,7H2,1-2H3. The normalized spacial score (nSPS) is 17.7. The molecule has 5 nitrogen and oxygen atoms in total. The molecule has 2 rings (SSSR count). The zero-order valence-electron chi connectivity index (χ0n) is 13.4. The van der Waals surface area contributed by atoms with Gasteiger partial charge in [-0.1, -0.05) is 6.07 Å². The number of hydrogen-bond donors (Lipinski definition) is 0. The molecule has 0 aliphatic carbocycles. The van der Waals surface area contributed by atoms with Crippen molar-refractivity contribution in [3.63, 3.8) is 0 Å². The van der Waals surface area contributed by atoms with Gasteiger partial charge in [-0.15, -0.1) is 0 Å². The van der Waals surface area contributed by atoms with Crippen LogP contribution in [0.3, 0.4) is 0 Å². The van der Waals surface area contributed by atoms with E-state index in [9.17, 15) is 35.9 Å². The van der Waals surface area contributed by atoms with Crippen LogP contribution in [0.2, 0.25) is 0 Å². The van der Waals surface area contributed by atoms with Gasteiger partial charge in [0.25, 0.3) is 5.91 Å². The number of nitrogens with zero attached hydrogens (tertiary/aromatic N) is 3. The van der Waals surface area contributed by atoms with Crippen molar-refractivity contribution < 1.29 is 35.9 Å². The molecule has 0 atom stereocenters. The number of anilines is 1. The van der Waals surface area contributed by atoms with Gasteiger partial charge in [0.05, 0.1) is 22.9 Å². The van der Waals surface area contributed by atoms with E-state index in [1.54, 1.807) is 0 Å². The van der Waals surface area contributed by atoms with Gasteiger partial charge in [0.15, 0.2) is 0 Å². The molecule has 0 saturated carbocycles. The zero-order valence-corrected chi connectivity index (χ0v) is 13.4. The number of halogens is 6. The van der Waals surface area contributed by atoms with Crippen molar-refractivity contribution in [3.05, 3.63) is 29.3 Å². The van der Waals surface area contributed by atoms with Crippen molar-refractivity contribution in [2.24, 2.45) is 0 Å². The minimum atomic E-state index is -5.11. The molecule has 1 saturated heterocycles. The molecular formula is C15H11F6N3O2. The van der Waals surface area contributed by atoms with Crippen molar-refractivity contribution in [1.82, 2.24) is 4.90 Å². The Labute approximate surface area is 143 Å². The minimum Gasteiger partial charge on any atom is -0.301 e. The van der Waals surface area contributed by atoms with Crippen LogP contribution in [0, 0.1) is 11.3 Å². The van der Waals surface area contributed by atoms with Crippen molar-refractivity contribution >= 4 is 17.6 Å². The molecule has 3 amide bonds. The first-order valence-electron chi connectivity index (χ1n) is 7.05. The lowest BCUT2D eigenvalue weighted by Gasteiger charge is -2.28. The highest BCUT2D eigenvalue weighted by molar-refractivity contribution is 6.23. The first-order chi connectivity index (χ1) is 11.7. The van der Waals surface area contributed by atoms with Crippen LogP contribution in [0.4, 0.5) is 36.8 Å². The summed E-state index contributed by atoms with van der Waals surface area (Å²) in [5.74, 6) is -1.26. The highest BCUT2D eigenvalue weighted by Gasteiger charge is 2.56. The molecule has 1 heterocycles. The third-order valence-electron chi connectivity index (χ3n) is 3.85. The topological polar surface area (TPSA) is 64.4 Å². The lowest BCUT2D eigenvalue weighted by molar-refractivity contribution is -0.149. The quantitative estimate of drug-likeness (QED) is 0.582. The van der Waals surface area contributed by atoms with E-state index < -0.39 is 53.2 Å². The summed E-state index contributed by atoms with van der Waals surface area (Å²) in [6, 6.07) is 2.35. The molecular weight excluding hydrogens is 368 g/mol. The Kier molecular flexibility index (Phi) is 4.43. The van der Waals surface area contributed by atoms with Crippen LogP contribution in [0.5, 0.6) is 0 Å². The summed E-state index contributed by atoms with van der Waals surface area (Å²) in [5.41, 5.74) is -5.42. The second kappa shape index (κ2) is 5.89. The highest BCUT2D eigenvalue weighted by Crippen LogP contribution is 2.42. The molecule has 1 fully saturated rings. The van der Waals surface area contributed by atoms with Gasteiger partial charge in [-0.3, -0.25) is 4.79 Å². The summed E-state index contributed by atoms with van der Waals surface area (Å²) in [7, 11) is 0. The predicted octanol–water partition coefficient (Wildman–Crippen LogP) is 3.69. The van der Waals surface area contributed by atoms with E-state index >= 15 is 0 Å². The maximum atomic E-state index is 13.4. The van der Waals surface area contributed by atoms with Crippen LogP contribution in [0.15, 0.2) is 18.2 Å². The Morgan fingerprint density at radius 1 is 1.12 bits per heavy atom. The number of nitriles is 1. The lowest BCUT2D eigenvalue weighted by atomic mass is 10.0. The number of alkyl halides is 6. The Morgan fingerprint density at radius 2 is 1.69 bits per heavy atom. The fourth-order valence-electron chi connectivity index (χ4n) is 2.61. The first-order valence-corrected chi connectivity index (χ1v) is 7.05. The highest BCUT2D eigenvalue weighted by atomic mass is 19.4. The summed E-state index contributed by atoms with van der Waals surface area (Å²) in [4.78, 5) is 25.0. The second-order valence-electron chi connectivity index (χ2n) is 5.99. The number of hydrogen-bond acceptors (Lipinski definition) is 3. The van der Waals surface area contributed by atoms with Gasteiger partial charge >= 0.3 is 18.4 Å². The maximum absolute atomic E-state index is 13.4. The Balaban J connectivity index is 2.66. The van der Waals surface area contributed by atoms with E-state index in [0.717, 1.165) is 32.0 Å². The average molecular weight is 379 g/mol. The largest absolute Gasteiger partial charge is 0.419 e. The first kappa shape index (κ1) is 19.6. The van der Waals surface area contributed by atoms with Crippen LogP contribution >= 0.6 is 0 Å². The van der Waals surface area contributed by atoms with Crippen LogP contribution < -0.4 is 4.90 Å². The van der Waals surface area contributed by atoms with Gasteiger partial charge in [0.1, 0.15) is 12.1 Å².